The maximum absolute atomic E-state index is 13.0. The predicted molar refractivity (Wildman–Crippen MR) is 137 cm³/mol. The number of para-hydroxylation sites is 3. The van der Waals surface area contributed by atoms with Crippen LogP contribution in [0.1, 0.15) is 61.8 Å². The molecule has 0 unspecified atom stereocenters. The molecule has 5 heteroatoms. The van der Waals surface area contributed by atoms with Crippen LogP contribution < -0.4 is 5.32 Å². The minimum absolute atomic E-state index is 0.00811. The molecule has 1 aromatic heterocycles. The van der Waals surface area contributed by atoms with E-state index in [1.165, 1.54) is 11.1 Å². The lowest BCUT2D eigenvalue weighted by molar-refractivity contribution is -0.115. The second kappa shape index (κ2) is 10.3. The summed E-state index contributed by atoms with van der Waals surface area (Å²) < 4.78 is 5.80. The van der Waals surface area contributed by atoms with Gasteiger partial charge in [0, 0.05) is 11.4 Å². The van der Waals surface area contributed by atoms with Gasteiger partial charge in [0.2, 0.25) is 5.91 Å². The molecule has 0 aliphatic heterocycles. The number of carbonyl (C=O) groups is 1. The van der Waals surface area contributed by atoms with Crippen LogP contribution in [0.3, 0.4) is 0 Å². The fraction of sp³-hybridized carbons (Fsp3) is 0.286. The van der Waals surface area contributed by atoms with Gasteiger partial charge in [0.05, 0.1) is 6.42 Å². The number of benzene rings is 3. The van der Waals surface area contributed by atoms with Crippen molar-refractivity contribution in [1.29, 1.82) is 0 Å². The van der Waals surface area contributed by atoms with Crippen LogP contribution in [0, 0.1) is 0 Å². The SMILES string of the molecule is CC(C)c1cccc(C(C)C)c1NC(=O)Cc1cccc(CSc2nc3ccccc3o2)c1. The van der Waals surface area contributed by atoms with Gasteiger partial charge in [-0.05, 0) is 46.2 Å². The third-order valence-corrected chi connectivity index (χ3v) is 6.53. The van der Waals surface area contributed by atoms with Gasteiger partial charge in [0.25, 0.3) is 5.22 Å². The number of rotatable bonds is 8. The summed E-state index contributed by atoms with van der Waals surface area (Å²) in [5.74, 6) is 1.42. The molecule has 0 bridgehead atoms. The molecule has 0 saturated heterocycles. The molecule has 0 radical (unpaired) electrons. The van der Waals surface area contributed by atoms with Gasteiger partial charge in [-0.2, -0.15) is 0 Å². The minimum Gasteiger partial charge on any atom is -0.431 e. The van der Waals surface area contributed by atoms with Gasteiger partial charge in [-0.3, -0.25) is 4.79 Å². The number of hydrogen-bond donors (Lipinski definition) is 1. The van der Waals surface area contributed by atoms with E-state index in [1.807, 2.05) is 36.4 Å². The fourth-order valence-corrected chi connectivity index (χ4v) is 4.73. The van der Waals surface area contributed by atoms with Gasteiger partial charge < -0.3 is 9.73 Å². The molecule has 1 heterocycles. The van der Waals surface area contributed by atoms with Crippen molar-refractivity contribution in [2.75, 3.05) is 5.32 Å². The third kappa shape index (κ3) is 5.66. The number of amides is 1. The Bertz CT molecular complexity index is 1200. The second-order valence-corrected chi connectivity index (χ2v) is 9.83. The van der Waals surface area contributed by atoms with Gasteiger partial charge in [0.1, 0.15) is 5.52 Å². The predicted octanol–water partition coefficient (Wildman–Crippen LogP) is 7.55. The average molecular weight is 459 g/mol. The molecule has 1 N–H and O–H groups in total. The summed E-state index contributed by atoms with van der Waals surface area (Å²) in [5, 5.41) is 3.87. The molecule has 4 aromatic rings. The summed E-state index contributed by atoms with van der Waals surface area (Å²) in [4.78, 5) is 17.5. The van der Waals surface area contributed by atoms with Gasteiger partial charge >= 0.3 is 0 Å². The molecule has 170 valence electrons. The molecule has 4 rings (SSSR count). The molecule has 3 aromatic carbocycles. The zero-order valence-corrected chi connectivity index (χ0v) is 20.4. The van der Waals surface area contributed by atoms with Gasteiger partial charge in [-0.1, -0.05) is 94.1 Å². The molecule has 0 atom stereocenters. The summed E-state index contributed by atoms with van der Waals surface area (Å²) in [5.41, 5.74) is 7.13. The van der Waals surface area contributed by atoms with Gasteiger partial charge in [-0.15, -0.1) is 0 Å². The van der Waals surface area contributed by atoms with Crippen molar-refractivity contribution in [3.63, 3.8) is 0 Å². The second-order valence-electron chi connectivity index (χ2n) is 8.90. The number of hydrogen-bond acceptors (Lipinski definition) is 4. The van der Waals surface area contributed by atoms with Crippen LogP contribution >= 0.6 is 11.8 Å². The highest BCUT2D eigenvalue weighted by Gasteiger charge is 2.16. The summed E-state index contributed by atoms with van der Waals surface area (Å²) in [7, 11) is 0. The number of aromatic nitrogens is 1. The van der Waals surface area contributed by atoms with Crippen LogP contribution in [0.4, 0.5) is 5.69 Å². The standard InChI is InChI=1S/C28H30N2O2S/c1-18(2)22-11-8-12-23(19(3)4)27(22)30-26(31)16-20-9-7-10-21(15-20)17-33-28-29-24-13-5-6-14-25(24)32-28/h5-15,18-19H,16-17H2,1-4H3,(H,30,31). The molecule has 0 aliphatic rings. The van der Waals surface area contributed by atoms with Crippen molar-refractivity contribution < 1.29 is 9.21 Å². The molecular weight excluding hydrogens is 428 g/mol. The number of fused-ring (bicyclic) bond motifs is 1. The summed E-state index contributed by atoms with van der Waals surface area (Å²) in [6.45, 7) is 8.64. The zero-order chi connectivity index (χ0) is 23.4. The Hall–Kier alpha value is -3.05. The maximum atomic E-state index is 13.0. The highest BCUT2D eigenvalue weighted by molar-refractivity contribution is 7.98. The van der Waals surface area contributed by atoms with E-state index in [0.29, 0.717) is 23.5 Å². The number of nitrogens with one attached hydrogen (secondary N) is 1. The summed E-state index contributed by atoms with van der Waals surface area (Å²) in [6, 6.07) is 22.2. The zero-order valence-electron chi connectivity index (χ0n) is 19.6. The van der Waals surface area contributed by atoms with Crippen LogP contribution in [0.15, 0.2) is 76.4 Å². The lowest BCUT2D eigenvalue weighted by Gasteiger charge is -2.20. The lowest BCUT2D eigenvalue weighted by Crippen LogP contribution is -2.18. The van der Waals surface area contributed by atoms with E-state index in [9.17, 15) is 4.79 Å². The van der Waals surface area contributed by atoms with Crippen molar-refractivity contribution in [3.05, 3.63) is 89.0 Å². The van der Waals surface area contributed by atoms with Crippen LogP contribution in [0.5, 0.6) is 0 Å². The normalized spacial score (nSPS) is 11.5. The molecular formula is C28H30N2O2S. The van der Waals surface area contributed by atoms with Crippen LogP contribution in [0.2, 0.25) is 0 Å². The number of thioether (sulfide) groups is 1. The Morgan fingerprint density at radius 3 is 2.27 bits per heavy atom. The van der Waals surface area contributed by atoms with Gasteiger partial charge in [-0.25, -0.2) is 4.98 Å². The van der Waals surface area contributed by atoms with E-state index in [4.69, 9.17) is 4.42 Å². The van der Waals surface area contributed by atoms with Crippen LogP contribution in [-0.4, -0.2) is 10.9 Å². The third-order valence-electron chi connectivity index (χ3n) is 5.63. The molecule has 1 amide bonds. The molecule has 33 heavy (non-hydrogen) atoms. The first-order chi connectivity index (χ1) is 15.9. The number of nitrogens with zero attached hydrogens (tertiary/aromatic N) is 1. The van der Waals surface area contributed by atoms with Crippen molar-refractivity contribution in [2.24, 2.45) is 0 Å². The van der Waals surface area contributed by atoms with E-state index >= 15 is 0 Å². The average Bonchev–Trinajstić information content (AvgIpc) is 3.21. The van der Waals surface area contributed by atoms with E-state index < -0.39 is 0 Å². The fourth-order valence-electron chi connectivity index (χ4n) is 3.95. The van der Waals surface area contributed by atoms with Crippen molar-refractivity contribution in [1.82, 2.24) is 4.98 Å². The number of anilines is 1. The van der Waals surface area contributed by atoms with E-state index in [1.54, 1.807) is 11.8 Å². The van der Waals surface area contributed by atoms with Crippen molar-refractivity contribution in [2.45, 2.75) is 56.9 Å². The Kier molecular flexibility index (Phi) is 7.19. The Labute approximate surface area is 199 Å². The molecule has 0 spiro atoms. The largest absolute Gasteiger partial charge is 0.431 e. The van der Waals surface area contributed by atoms with E-state index in [0.717, 1.165) is 33.7 Å². The smallest absolute Gasteiger partial charge is 0.257 e. The Morgan fingerprint density at radius 2 is 1.58 bits per heavy atom. The number of oxazole rings is 1. The van der Waals surface area contributed by atoms with Crippen LogP contribution in [0.25, 0.3) is 11.1 Å². The van der Waals surface area contributed by atoms with E-state index in [-0.39, 0.29) is 5.91 Å². The quantitative estimate of drug-likeness (QED) is 0.277. The van der Waals surface area contributed by atoms with Crippen molar-refractivity contribution >= 4 is 34.5 Å². The first-order valence-electron chi connectivity index (χ1n) is 11.4. The Morgan fingerprint density at radius 1 is 0.909 bits per heavy atom. The molecule has 0 aliphatic carbocycles. The van der Waals surface area contributed by atoms with Crippen LogP contribution in [-0.2, 0) is 17.0 Å². The summed E-state index contributed by atoms with van der Waals surface area (Å²) >= 11 is 1.56. The number of carbonyl (C=O) groups excluding carboxylic acids is 1. The van der Waals surface area contributed by atoms with Gasteiger partial charge in [0.15, 0.2) is 5.58 Å². The molecule has 0 saturated carbocycles. The maximum Gasteiger partial charge on any atom is 0.257 e. The molecule has 4 nitrogen and oxygen atoms in total. The first kappa shape index (κ1) is 23.1. The lowest BCUT2D eigenvalue weighted by atomic mass is 9.92. The summed E-state index contributed by atoms with van der Waals surface area (Å²) in [6.07, 6.45) is 0.339. The first-order valence-corrected chi connectivity index (χ1v) is 12.4. The minimum atomic E-state index is 0.00811. The molecule has 0 fully saturated rings. The van der Waals surface area contributed by atoms with E-state index in [2.05, 4.69) is 68.3 Å². The van der Waals surface area contributed by atoms with Crippen molar-refractivity contribution in [3.8, 4) is 0 Å². The Balaban J connectivity index is 1.44. The highest BCUT2D eigenvalue weighted by atomic mass is 32.2. The topological polar surface area (TPSA) is 55.1 Å². The highest BCUT2D eigenvalue weighted by Crippen LogP contribution is 2.32. The monoisotopic (exact) mass is 458 g/mol.